The summed E-state index contributed by atoms with van der Waals surface area (Å²) in [4.78, 5) is 10.5. The number of non-ortho nitro benzene ring substituents is 1. The van der Waals surface area contributed by atoms with E-state index >= 15 is 0 Å². The lowest BCUT2D eigenvalue weighted by Gasteiger charge is -2.15. The van der Waals surface area contributed by atoms with Gasteiger partial charge in [0.25, 0.3) is 5.69 Å². The second-order valence-electron chi connectivity index (χ2n) is 5.69. The maximum atomic E-state index is 10.9. The van der Waals surface area contributed by atoms with Crippen molar-refractivity contribution in [1.82, 2.24) is 5.32 Å². The number of ether oxygens (including phenoxy) is 1. The number of benzene rings is 1. The van der Waals surface area contributed by atoms with E-state index < -0.39 is 0 Å². The quantitative estimate of drug-likeness (QED) is 0.451. The fourth-order valence-corrected chi connectivity index (χ4v) is 2.74. The van der Waals surface area contributed by atoms with Gasteiger partial charge in [-0.1, -0.05) is 19.8 Å². The zero-order valence-electron chi connectivity index (χ0n) is 12.6. The minimum absolute atomic E-state index is 0.122. The molecule has 21 heavy (non-hydrogen) atoms. The van der Waals surface area contributed by atoms with Crippen LogP contribution in [0, 0.1) is 16.0 Å². The second kappa shape index (κ2) is 7.98. The first-order valence-corrected chi connectivity index (χ1v) is 7.81. The SMILES string of the molecule is CCCNCc1cc([N+](=O)[O-])ccc1OCC1CCCC1. The Morgan fingerprint density at radius 3 is 2.81 bits per heavy atom. The Labute approximate surface area is 125 Å². The van der Waals surface area contributed by atoms with E-state index in [1.165, 1.54) is 31.7 Å². The average Bonchev–Trinajstić information content (AvgIpc) is 2.99. The zero-order valence-corrected chi connectivity index (χ0v) is 12.6. The fourth-order valence-electron chi connectivity index (χ4n) is 2.74. The van der Waals surface area contributed by atoms with Gasteiger partial charge in [0.1, 0.15) is 5.75 Å². The fraction of sp³-hybridized carbons (Fsp3) is 0.625. The molecule has 1 fully saturated rings. The molecule has 5 heteroatoms. The lowest BCUT2D eigenvalue weighted by Crippen LogP contribution is -2.16. The molecule has 1 N–H and O–H groups in total. The minimum Gasteiger partial charge on any atom is -0.493 e. The third kappa shape index (κ3) is 4.70. The first-order valence-electron chi connectivity index (χ1n) is 7.81. The van der Waals surface area contributed by atoms with Crippen molar-refractivity contribution in [2.24, 2.45) is 5.92 Å². The number of rotatable bonds is 8. The van der Waals surface area contributed by atoms with Gasteiger partial charge in [0.15, 0.2) is 0 Å². The van der Waals surface area contributed by atoms with E-state index in [-0.39, 0.29) is 10.6 Å². The molecule has 1 aromatic rings. The molecule has 0 aromatic heterocycles. The van der Waals surface area contributed by atoms with Crippen molar-refractivity contribution in [2.75, 3.05) is 13.2 Å². The molecule has 1 saturated carbocycles. The lowest BCUT2D eigenvalue weighted by molar-refractivity contribution is -0.384. The van der Waals surface area contributed by atoms with Crippen LogP contribution in [0.25, 0.3) is 0 Å². The predicted octanol–water partition coefficient (Wildman–Crippen LogP) is 3.66. The molecule has 0 spiro atoms. The molecule has 0 heterocycles. The van der Waals surface area contributed by atoms with Crippen molar-refractivity contribution >= 4 is 5.69 Å². The smallest absolute Gasteiger partial charge is 0.270 e. The van der Waals surface area contributed by atoms with Gasteiger partial charge in [-0.15, -0.1) is 0 Å². The van der Waals surface area contributed by atoms with Gasteiger partial charge in [0, 0.05) is 24.2 Å². The summed E-state index contributed by atoms with van der Waals surface area (Å²) in [6, 6.07) is 4.87. The third-order valence-electron chi connectivity index (χ3n) is 3.95. The molecule has 0 amide bonds. The van der Waals surface area contributed by atoms with Gasteiger partial charge in [-0.25, -0.2) is 0 Å². The molecule has 0 bridgehead atoms. The van der Waals surface area contributed by atoms with E-state index in [9.17, 15) is 10.1 Å². The van der Waals surface area contributed by atoms with Crippen LogP contribution in [0.3, 0.4) is 0 Å². The van der Waals surface area contributed by atoms with Crippen molar-refractivity contribution in [1.29, 1.82) is 0 Å². The number of nitro groups is 1. The summed E-state index contributed by atoms with van der Waals surface area (Å²) in [6.07, 6.45) is 6.08. The Bertz CT molecular complexity index is 471. The van der Waals surface area contributed by atoms with Crippen molar-refractivity contribution < 1.29 is 9.66 Å². The maximum Gasteiger partial charge on any atom is 0.270 e. The molecule has 1 aliphatic rings. The van der Waals surface area contributed by atoms with Gasteiger partial charge < -0.3 is 10.1 Å². The highest BCUT2D eigenvalue weighted by Gasteiger charge is 2.17. The molecule has 5 nitrogen and oxygen atoms in total. The van der Waals surface area contributed by atoms with Crippen molar-refractivity contribution in [3.05, 3.63) is 33.9 Å². The summed E-state index contributed by atoms with van der Waals surface area (Å²) in [5.41, 5.74) is 0.993. The van der Waals surface area contributed by atoms with Crippen LogP contribution in [0.4, 0.5) is 5.69 Å². The molecule has 0 atom stereocenters. The monoisotopic (exact) mass is 292 g/mol. The molecule has 2 rings (SSSR count). The van der Waals surface area contributed by atoms with Crippen molar-refractivity contribution in [3.63, 3.8) is 0 Å². The highest BCUT2D eigenvalue weighted by Crippen LogP contribution is 2.28. The molecule has 0 radical (unpaired) electrons. The Balaban J connectivity index is 2.03. The van der Waals surface area contributed by atoms with Gasteiger partial charge >= 0.3 is 0 Å². The highest BCUT2D eigenvalue weighted by molar-refractivity contribution is 5.43. The lowest BCUT2D eigenvalue weighted by atomic mass is 10.1. The summed E-state index contributed by atoms with van der Waals surface area (Å²) in [5, 5.41) is 14.2. The van der Waals surface area contributed by atoms with E-state index in [1.807, 2.05) is 0 Å². The van der Waals surface area contributed by atoms with E-state index in [0.717, 1.165) is 30.9 Å². The molecule has 0 aliphatic heterocycles. The Hall–Kier alpha value is -1.62. The highest BCUT2D eigenvalue weighted by atomic mass is 16.6. The van der Waals surface area contributed by atoms with Gasteiger partial charge in [-0.05, 0) is 37.8 Å². The van der Waals surface area contributed by atoms with Crippen LogP contribution in [0.5, 0.6) is 5.75 Å². The summed E-state index contributed by atoms with van der Waals surface area (Å²) >= 11 is 0. The van der Waals surface area contributed by atoms with Crippen LogP contribution in [0.2, 0.25) is 0 Å². The van der Waals surface area contributed by atoms with Crippen LogP contribution in [0.15, 0.2) is 18.2 Å². The first-order chi connectivity index (χ1) is 10.2. The summed E-state index contributed by atoms with van der Waals surface area (Å²) in [6.45, 7) is 4.32. The standard InChI is InChI=1S/C16H24N2O3/c1-2-9-17-11-14-10-15(18(19)20)7-8-16(14)21-12-13-5-3-4-6-13/h7-8,10,13,17H,2-6,9,11-12H2,1H3. The van der Waals surface area contributed by atoms with E-state index in [1.54, 1.807) is 12.1 Å². The number of hydrogen-bond acceptors (Lipinski definition) is 4. The van der Waals surface area contributed by atoms with Crippen LogP contribution in [-0.4, -0.2) is 18.1 Å². The molecule has 0 saturated heterocycles. The normalized spacial score (nSPS) is 15.3. The summed E-state index contributed by atoms with van der Waals surface area (Å²) < 4.78 is 5.92. The van der Waals surface area contributed by atoms with Crippen molar-refractivity contribution in [2.45, 2.75) is 45.6 Å². The summed E-state index contributed by atoms with van der Waals surface area (Å²) in [7, 11) is 0. The average molecular weight is 292 g/mol. The molecule has 1 aromatic carbocycles. The molecule has 116 valence electrons. The van der Waals surface area contributed by atoms with Gasteiger partial charge in [-0.3, -0.25) is 10.1 Å². The predicted molar refractivity (Wildman–Crippen MR) is 82.5 cm³/mol. The number of nitrogens with zero attached hydrogens (tertiary/aromatic N) is 1. The van der Waals surface area contributed by atoms with E-state index in [0.29, 0.717) is 12.5 Å². The number of nitro benzene ring substituents is 1. The van der Waals surface area contributed by atoms with Crippen LogP contribution >= 0.6 is 0 Å². The molecule has 1 aliphatic carbocycles. The Kier molecular flexibility index (Phi) is 5.99. The third-order valence-corrected chi connectivity index (χ3v) is 3.95. The van der Waals surface area contributed by atoms with Gasteiger partial charge in [0.05, 0.1) is 11.5 Å². The van der Waals surface area contributed by atoms with Crippen LogP contribution in [0.1, 0.15) is 44.6 Å². The molecule has 0 unspecified atom stereocenters. The zero-order chi connectivity index (χ0) is 15.1. The first kappa shape index (κ1) is 15.8. The molecular weight excluding hydrogens is 268 g/mol. The van der Waals surface area contributed by atoms with Crippen LogP contribution in [-0.2, 0) is 6.54 Å². The largest absolute Gasteiger partial charge is 0.493 e. The number of nitrogens with one attached hydrogen (secondary N) is 1. The van der Waals surface area contributed by atoms with Gasteiger partial charge in [-0.2, -0.15) is 0 Å². The van der Waals surface area contributed by atoms with Gasteiger partial charge in [0.2, 0.25) is 0 Å². The Morgan fingerprint density at radius 1 is 1.38 bits per heavy atom. The topological polar surface area (TPSA) is 64.4 Å². The van der Waals surface area contributed by atoms with Crippen molar-refractivity contribution in [3.8, 4) is 5.75 Å². The second-order valence-corrected chi connectivity index (χ2v) is 5.69. The van der Waals surface area contributed by atoms with E-state index in [2.05, 4.69) is 12.2 Å². The molecular formula is C16H24N2O3. The minimum atomic E-state index is -0.357. The number of hydrogen-bond donors (Lipinski definition) is 1. The van der Waals surface area contributed by atoms with Crippen LogP contribution < -0.4 is 10.1 Å². The summed E-state index contributed by atoms with van der Waals surface area (Å²) in [5.74, 6) is 1.41. The maximum absolute atomic E-state index is 10.9. The van der Waals surface area contributed by atoms with E-state index in [4.69, 9.17) is 4.74 Å². The Morgan fingerprint density at radius 2 is 2.14 bits per heavy atom.